The fourth-order valence-electron chi connectivity index (χ4n) is 3.81. The molecule has 1 saturated heterocycles. The maximum absolute atomic E-state index is 12.5. The Bertz CT molecular complexity index is 1060. The number of hydrogen-bond donors (Lipinski definition) is 1. The summed E-state index contributed by atoms with van der Waals surface area (Å²) in [4.78, 5) is 19.2. The molecule has 1 aromatic heterocycles. The van der Waals surface area contributed by atoms with Gasteiger partial charge in [-0.2, -0.15) is 4.98 Å². The van der Waals surface area contributed by atoms with Gasteiger partial charge in [0.25, 0.3) is 0 Å². The van der Waals surface area contributed by atoms with E-state index in [-0.39, 0.29) is 11.8 Å². The first-order chi connectivity index (χ1) is 15.0. The van der Waals surface area contributed by atoms with Crippen molar-refractivity contribution in [1.82, 2.24) is 15.0 Å². The summed E-state index contributed by atoms with van der Waals surface area (Å²) in [5.74, 6) is 1.98. The Morgan fingerprint density at radius 1 is 1.26 bits per heavy atom. The SMILES string of the molecule is COc1ccc(Cl)cc1NC(=O)CN1CCC(c2nc(-c3cccc(C)c3)no2)CC1. The van der Waals surface area contributed by atoms with Crippen LogP contribution in [0.5, 0.6) is 5.75 Å². The van der Waals surface area contributed by atoms with E-state index >= 15 is 0 Å². The van der Waals surface area contributed by atoms with E-state index in [4.69, 9.17) is 20.9 Å². The third-order valence-corrected chi connectivity index (χ3v) is 5.69. The van der Waals surface area contributed by atoms with Crippen molar-refractivity contribution < 1.29 is 14.1 Å². The van der Waals surface area contributed by atoms with E-state index in [1.54, 1.807) is 25.3 Å². The van der Waals surface area contributed by atoms with Crippen molar-refractivity contribution in [3.05, 3.63) is 58.9 Å². The van der Waals surface area contributed by atoms with Crippen molar-refractivity contribution >= 4 is 23.2 Å². The summed E-state index contributed by atoms with van der Waals surface area (Å²) < 4.78 is 10.8. The van der Waals surface area contributed by atoms with Gasteiger partial charge in [-0.25, -0.2) is 0 Å². The summed E-state index contributed by atoms with van der Waals surface area (Å²) in [6, 6.07) is 13.2. The van der Waals surface area contributed by atoms with Gasteiger partial charge in [0.05, 0.1) is 19.3 Å². The van der Waals surface area contributed by atoms with Crippen LogP contribution in [0.4, 0.5) is 5.69 Å². The Kier molecular flexibility index (Phi) is 6.53. The molecule has 0 aliphatic carbocycles. The summed E-state index contributed by atoms with van der Waals surface area (Å²) in [6.45, 7) is 3.92. The van der Waals surface area contributed by atoms with E-state index in [1.807, 2.05) is 31.2 Å². The van der Waals surface area contributed by atoms with Crippen molar-refractivity contribution in [2.75, 3.05) is 32.1 Å². The normalized spacial score (nSPS) is 15.1. The predicted molar refractivity (Wildman–Crippen MR) is 120 cm³/mol. The number of piperidine rings is 1. The molecule has 2 heterocycles. The van der Waals surface area contributed by atoms with Crippen molar-refractivity contribution in [1.29, 1.82) is 0 Å². The van der Waals surface area contributed by atoms with Crippen molar-refractivity contribution in [3.8, 4) is 17.1 Å². The number of benzene rings is 2. The highest BCUT2D eigenvalue weighted by Crippen LogP contribution is 2.30. The maximum atomic E-state index is 12.5. The lowest BCUT2D eigenvalue weighted by Crippen LogP contribution is -2.38. The standard InChI is InChI=1S/C23H25ClN4O3/c1-15-4-3-5-17(12-15)22-26-23(31-27-22)16-8-10-28(11-9-16)14-21(29)25-19-13-18(24)6-7-20(19)30-2/h3-7,12-13,16H,8-11,14H2,1-2H3,(H,25,29). The quantitative estimate of drug-likeness (QED) is 0.606. The van der Waals surface area contributed by atoms with Crippen molar-refractivity contribution in [2.24, 2.45) is 0 Å². The zero-order chi connectivity index (χ0) is 21.8. The van der Waals surface area contributed by atoms with Gasteiger partial charge in [-0.15, -0.1) is 0 Å². The fraction of sp³-hybridized carbons (Fsp3) is 0.348. The molecule has 0 atom stereocenters. The van der Waals surface area contributed by atoms with Crippen LogP contribution in [0.1, 0.15) is 30.2 Å². The molecule has 8 heteroatoms. The Labute approximate surface area is 186 Å². The summed E-state index contributed by atoms with van der Waals surface area (Å²) in [5.41, 5.74) is 2.69. The number of nitrogens with zero attached hydrogens (tertiary/aromatic N) is 3. The third-order valence-electron chi connectivity index (χ3n) is 5.46. The topological polar surface area (TPSA) is 80.5 Å². The first kappa shape index (κ1) is 21.3. The number of rotatable bonds is 6. The van der Waals surface area contributed by atoms with Crippen molar-refractivity contribution in [2.45, 2.75) is 25.7 Å². The van der Waals surface area contributed by atoms with Gasteiger partial charge in [0.1, 0.15) is 5.75 Å². The van der Waals surface area contributed by atoms with Crippen LogP contribution in [0.15, 0.2) is 47.0 Å². The number of ether oxygens (including phenoxy) is 1. The smallest absolute Gasteiger partial charge is 0.238 e. The molecule has 31 heavy (non-hydrogen) atoms. The molecule has 1 aliphatic heterocycles. The number of halogens is 1. The Balaban J connectivity index is 1.31. The van der Waals surface area contributed by atoms with Gasteiger partial charge >= 0.3 is 0 Å². The average Bonchev–Trinajstić information content (AvgIpc) is 3.25. The largest absolute Gasteiger partial charge is 0.495 e. The zero-order valence-corrected chi connectivity index (χ0v) is 18.4. The molecule has 4 rings (SSSR count). The summed E-state index contributed by atoms with van der Waals surface area (Å²) in [6.07, 6.45) is 1.73. The van der Waals surface area contributed by atoms with E-state index in [9.17, 15) is 4.79 Å². The molecule has 1 aliphatic rings. The van der Waals surface area contributed by atoms with Gasteiger partial charge in [-0.1, -0.05) is 40.5 Å². The van der Waals surface area contributed by atoms with Gasteiger partial charge in [0, 0.05) is 16.5 Å². The Hall–Kier alpha value is -2.90. The van der Waals surface area contributed by atoms with Crippen LogP contribution in [-0.4, -0.2) is 47.7 Å². The molecule has 0 bridgehead atoms. The van der Waals surface area contributed by atoms with E-state index in [0.29, 0.717) is 34.7 Å². The molecule has 0 unspecified atom stereocenters. The number of carbonyl (C=O) groups excluding carboxylic acids is 1. The average molecular weight is 441 g/mol. The second kappa shape index (κ2) is 9.49. The molecule has 0 saturated carbocycles. The monoisotopic (exact) mass is 440 g/mol. The molecule has 1 amide bonds. The van der Waals surface area contributed by atoms with E-state index in [0.717, 1.165) is 37.1 Å². The molecule has 2 aromatic carbocycles. The fourth-order valence-corrected chi connectivity index (χ4v) is 3.98. The molecule has 0 spiro atoms. The zero-order valence-electron chi connectivity index (χ0n) is 17.6. The summed E-state index contributed by atoms with van der Waals surface area (Å²) >= 11 is 6.03. The molecule has 1 fully saturated rings. The maximum Gasteiger partial charge on any atom is 0.238 e. The minimum atomic E-state index is -0.0986. The van der Waals surface area contributed by atoms with E-state index < -0.39 is 0 Å². The highest BCUT2D eigenvalue weighted by atomic mass is 35.5. The lowest BCUT2D eigenvalue weighted by Gasteiger charge is -2.29. The molecule has 1 N–H and O–H groups in total. The number of hydrogen-bond acceptors (Lipinski definition) is 6. The summed E-state index contributed by atoms with van der Waals surface area (Å²) in [7, 11) is 1.56. The number of anilines is 1. The first-order valence-electron chi connectivity index (χ1n) is 10.3. The predicted octanol–water partition coefficient (Wildman–Crippen LogP) is 4.53. The van der Waals surface area contributed by atoms with E-state index in [2.05, 4.69) is 20.4 Å². The second-order valence-electron chi connectivity index (χ2n) is 7.77. The molecule has 0 radical (unpaired) electrons. The van der Waals surface area contributed by atoms with Gasteiger partial charge in [0.2, 0.25) is 17.6 Å². The number of aryl methyl sites for hydroxylation is 1. The van der Waals surface area contributed by atoms with Crippen molar-refractivity contribution in [3.63, 3.8) is 0 Å². The van der Waals surface area contributed by atoms with E-state index in [1.165, 1.54) is 0 Å². The lowest BCUT2D eigenvalue weighted by atomic mass is 9.97. The van der Waals surface area contributed by atoms with Gasteiger partial charge in [0.15, 0.2) is 0 Å². The second-order valence-corrected chi connectivity index (χ2v) is 8.21. The third kappa shape index (κ3) is 5.24. The highest BCUT2D eigenvalue weighted by Gasteiger charge is 2.26. The number of carbonyl (C=O) groups is 1. The number of nitrogens with one attached hydrogen (secondary N) is 1. The van der Waals surface area contributed by atoms with Crippen LogP contribution in [0.25, 0.3) is 11.4 Å². The minimum absolute atomic E-state index is 0.0986. The molecule has 162 valence electrons. The lowest BCUT2D eigenvalue weighted by molar-refractivity contribution is -0.117. The van der Waals surface area contributed by atoms with Crippen LogP contribution in [0, 0.1) is 6.92 Å². The Morgan fingerprint density at radius 3 is 2.81 bits per heavy atom. The molecular weight excluding hydrogens is 416 g/mol. The molecule has 3 aromatic rings. The molecular formula is C23H25ClN4O3. The van der Waals surface area contributed by atoms with Crippen LogP contribution in [0.3, 0.4) is 0 Å². The number of methoxy groups -OCH3 is 1. The number of likely N-dealkylation sites (tertiary alicyclic amines) is 1. The number of aromatic nitrogens is 2. The van der Waals surface area contributed by atoms with Gasteiger partial charge in [-0.3, -0.25) is 9.69 Å². The number of amides is 1. The first-order valence-corrected chi connectivity index (χ1v) is 10.7. The van der Waals surface area contributed by atoms with Crippen LogP contribution in [0.2, 0.25) is 5.02 Å². The molecule has 7 nitrogen and oxygen atoms in total. The highest BCUT2D eigenvalue weighted by molar-refractivity contribution is 6.31. The van der Waals surface area contributed by atoms with Crippen LogP contribution >= 0.6 is 11.6 Å². The van der Waals surface area contributed by atoms with Crippen LogP contribution < -0.4 is 10.1 Å². The summed E-state index contributed by atoms with van der Waals surface area (Å²) in [5, 5.41) is 7.58. The van der Waals surface area contributed by atoms with Crippen LogP contribution in [-0.2, 0) is 4.79 Å². The van der Waals surface area contributed by atoms with Gasteiger partial charge < -0.3 is 14.6 Å². The minimum Gasteiger partial charge on any atom is -0.495 e. The Morgan fingerprint density at radius 2 is 2.06 bits per heavy atom. The van der Waals surface area contributed by atoms with Gasteiger partial charge in [-0.05, 0) is 57.1 Å².